The summed E-state index contributed by atoms with van der Waals surface area (Å²) < 4.78 is 64.7. The van der Waals surface area contributed by atoms with Crippen LogP contribution >= 0.6 is 0 Å². The highest BCUT2D eigenvalue weighted by Crippen LogP contribution is 2.28. The molecule has 1 N–H and O–H groups in total. The second kappa shape index (κ2) is 10.9. The lowest BCUT2D eigenvalue weighted by Gasteiger charge is -2.31. The fourth-order valence-corrected chi connectivity index (χ4v) is 3.77. The number of likely N-dealkylation sites (N-methyl/N-ethyl adjacent to an activating group) is 1. The molecule has 37 heavy (non-hydrogen) atoms. The Hall–Kier alpha value is -4.13. The van der Waals surface area contributed by atoms with Crippen molar-refractivity contribution in [2.45, 2.75) is 6.61 Å². The minimum Gasteiger partial charge on any atom is -0.497 e. The second-order valence-corrected chi connectivity index (χ2v) is 8.21. The van der Waals surface area contributed by atoms with E-state index >= 15 is 0 Å². The Kier molecular flexibility index (Phi) is 7.62. The number of hydrogen-bond acceptors (Lipinski definition) is 6. The van der Waals surface area contributed by atoms with Crippen molar-refractivity contribution in [3.63, 3.8) is 0 Å². The van der Waals surface area contributed by atoms with Gasteiger partial charge in [0.25, 0.3) is 11.8 Å². The van der Waals surface area contributed by atoms with Gasteiger partial charge in [-0.1, -0.05) is 0 Å². The van der Waals surface area contributed by atoms with Crippen molar-refractivity contribution in [2.24, 2.45) is 0 Å². The van der Waals surface area contributed by atoms with E-state index in [4.69, 9.17) is 4.74 Å². The van der Waals surface area contributed by atoms with E-state index in [0.717, 1.165) is 22.9 Å². The first kappa shape index (κ1) is 25.9. The molecule has 9 nitrogen and oxygen atoms in total. The second-order valence-electron chi connectivity index (χ2n) is 8.21. The molecule has 2 amide bonds. The molecule has 1 aliphatic rings. The first-order chi connectivity index (χ1) is 17.7. The zero-order valence-corrected chi connectivity index (χ0v) is 19.9. The fourth-order valence-electron chi connectivity index (χ4n) is 3.77. The number of ether oxygens (including phenoxy) is 2. The van der Waals surface area contributed by atoms with Gasteiger partial charge in [0.15, 0.2) is 11.6 Å². The summed E-state index contributed by atoms with van der Waals surface area (Å²) in [5, 5.41) is 2.43. The molecule has 2 aromatic carbocycles. The summed E-state index contributed by atoms with van der Waals surface area (Å²) in [5.74, 6) is -3.81. The average molecular weight is 521 g/mol. The largest absolute Gasteiger partial charge is 0.497 e. The highest BCUT2D eigenvalue weighted by atomic mass is 19.3. The maximum Gasteiger partial charge on any atom is 0.387 e. The van der Waals surface area contributed by atoms with Gasteiger partial charge >= 0.3 is 6.61 Å². The van der Waals surface area contributed by atoms with E-state index in [2.05, 4.69) is 15.0 Å². The number of carbonyl (C=O) groups is 2. The number of rotatable bonds is 7. The molecule has 1 fully saturated rings. The minimum absolute atomic E-state index is 0.0267. The monoisotopic (exact) mass is 521 g/mol. The molecule has 0 saturated carbocycles. The van der Waals surface area contributed by atoms with Gasteiger partial charge in [-0.15, -0.1) is 0 Å². The Morgan fingerprint density at radius 2 is 1.62 bits per heavy atom. The highest BCUT2D eigenvalue weighted by molar-refractivity contribution is 6.04. The number of aromatic nitrogens is 2. The van der Waals surface area contributed by atoms with Crippen molar-refractivity contribution >= 4 is 17.8 Å². The summed E-state index contributed by atoms with van der Waals surface area (Å²) in [5.41, 5.74) is -0.685. The molecule has 0 atom stereocenters. The Labute approximate surface area is 209 Å². The summed E-state index contributed by atoms with van der Waals surface area (Å²) in [6, 6.07) is 6.69. The maximum atomic E-state index is 14.9. The molecular formula is C24H23F4N5O4. The topological polar surface area (TPSA) is 88.9 Å². The predicted octanol–water partition coefficient (Wildman–Crippen LogP) is 3.40. The van der Waals surface area contributed by atoms with E-state index in [0.29, 0.717) is 26.2 Å². The molecule has 196 valence electrons. The van der Waals surface area contributed by atoms with Gasteiger partial charge < -0.3 is 19.3 Å². The number of alkyl halides is 2. The number of nitrogens with zero attached hydrogens (tertiary/aromatic N) is 4. The third kappa shape index (κ3) is 5.82. The molecular weight excluding hydrogens is 498 g/mol. The van der Waals surface area contributed by atoms with Crippen LogP contribution in [0.4, 0.5) is 23.5 Å². The summed E-state index contributed by atoms with van der Waals surface area (Å²) >= 11 is 0. The van der Waals surface area contributed by atoms with Gasteiger partial charge in [-0.05, 0) is 31.3 Å². The van der Waals surface area contributed by atoms with E-state index < -0.39 is 35.7 Å². The number of imidazole rings is 1. The van der Waals surface area contributed by atoms with Gasteiger partial charge in [-0.2, -0.15) is 8.78 Å². The van der Waals surface area contributed by atoms with Crippen LogP contribution in [0.1, 0.15) is 20.8 Å². The number of methoxy groups -OCH3 is 1. The lowest BCUT2D eigenvalue weighted by Crippen LogP contribution is -2.47. The number of amides is 2. The van der Waals surface area contributed by atoms with Crippen LogP contribution in [0.25, 0.3) is 5.69 Å². The number of nitrogens with one attached hydrogen (secondary N) is 1. The van der Waals surface area contributed by atoms with Crippen molar-refractivity contribution in [3.05, 3.63) is 65.5 Å². The average Bonchev–Trinajstić information content (AvgIpc) is 3.26. The van der Waals surface area contributed by atoms with Crippen molar-refractivity contribution in [2.75, 3.05) is 45.7 Å². The molecule has 0 radical (unpaired) electrons. The first-order valence-corrected chi connectivity index (χ1v) is 11.1. The van der Waals surface area contributed by atoms with Crippen molar-refractivity contribution in [3.8, 4) is 17.2 Å². The molecule has 4 rings (SSSR count). The van der Waals surface area contributed by atoms with Gasteiger partial charge in [0.2, 0.25) is 5.95 Å². The molecule has 1 aromatic heterocycles. The lowest BCUT2D eigenvalue weighted by molar-refractivity contribution is -0.0498. The third-order valence-corrected chi connectivity index (χ3v) is 5.75. The first-order valence-electron chi connectivity index (χ1n) is 11.1. The van der Waals surface area contributed by atoms with E-state index in [1.165, 1.54) is 31.4 Å². The molecule has 13 heteroatoms. The molecule has 1 aliphatic heterocycles. The van der Waals surface area contributed by atoms with Crippen LogP contribution in [0.5, 0.6) is 11.5 Å². The molecule has 0 spiro atoms. The highest BCUT2D eigenvalue weighted by Gasteiger charge is 2.26. The smallest absolute Gasteiger partial charge is 0.387 e. The number of benzene rings is 2. The number of piperazine rings is 1. The number of halogens is 4. The molecule has 3 aromatic rings. The molecule has 0 aliphatic carbocycles. The van der Waals surface area contributed by atoms with Crippen LogP contribution in [-0.2, 0) is 0 Å². The predicted molar refractivity (Wildman–Crippen MR) is 124 cm³/mol. The van der Waals surface area contributed by atoms with Crippen molar-refractivity contribution in [1.82, 2.24) is 19.4 Å². The summed E-state index contributed by atoms with van der Waals surface area (Å²) in [6.07, 6.45) is 1.14. The van der Waals surface area contributed by atoms with Crippen LogP contribution in [0, 0.1) is 11.6 Å². The van der Waals surface area contributed by atoms with Gasteiger partial charge in [0, 0.05) is 50.1 Å². The number of hydrogen-bond donors (Lipinski definition) is 1. The van der Waals surface area contributed by atoms with Gasteiger partial charge in [0.05, 0.1) is 7.11 Å². The van der Waals surface area contributed by atoms with E-state index in [1.807, 2.05) is 11.9 Å². The van der Waals surface area contributed by atoms with Gasteiger partial charge in [-0.3, -0.25) is 19.5 Å². The minimum atomic E-state index is -3.03. The summed E-state index contributed by atoms with van der Waals surface area (Å²) in [7, 11) is 3.17. The maximum absolute atomic E-state index is 14.9. The van der Waals surface area contributed by atoms with Crippen LogP contribution in [0.2, 0.25) is 0 Å². The van der Waals surface area contributed by atoms with Gasteiger partial charge in [-0.25, -0.2) is 13.8 Å². The Bertz CT molecular complexity index is 1270. The Morgan fingerprint density at radius 1 is 1.00 bits per heavy atom. The van der Waals surface area contributed by atoms with Crippen LogP contribution in [-0.4, -0.2) is 78.1 Å². The van der Waals surface area contributed by atoms with E-state index in [9.17, 15) is 27.2 Å². The molecule has 2 heterocycles. The summed E-state index contributed by atoms with van der Waals surface area (Å²) in [6.45, 7) is -0.881. The molecule has 0 unspecified atom stereocenters. The zero-order valence-electron chi connectivity index (χ0n) is 19.9. The van der Waals surface area contributed by atoms with Crippen LogP contribution in [0.15, 0.2) is 42.6 Å². The number of anilines is 1. The van der Waals surface area contributed by atoms with Crippen molar-refractivity contribution < 1.29 is 36.6 Å². The normalized spacial score (nSPS) is 14.1. The van der Waals surface area contributed by atoms with E-state index in [1.54, 1.807) is 4.90 Å². The van der Waals surface area contributed by atoms with E-state index in [-0.39, 0.29) is 28.7 Å². The quantitative estimate of drug-likeness (QED) is 0.480. The lowest BCUT2D eigenvalue weighted by atomic mass is 10.2. The van der Waals surface area contributed by atoms with Crippen LogP contribution in [0.3, 0.4) is 0 Å². The standard InChI is InChI=1S/C24H23F4N5O4/c1-31-7-9-32(10-8-31)22(35)19-13-33(20-17(25)11-16(36-2)12-18(20)26)24(29-19)30-21(34)14-3-5-15(6-4-14)37-23(27)28/h3-6,11-13,23H,7-10H2,1-2H3,(H,29,30,34). The number of carbonyl (C=O) groups excluding carboxylic acids is 2. The Balaban J connectivity index is 1.68. The molecule has 1 saturated heterocycles. The zero-order chi connectivity index (χ0) is 26.7. The fraction of sp³-hybridized carbons (Fsp3) is 0.292. The third-order valence-electron chi connectivity index (χ3n) is 5.75. The molecule has 0 bridgehead atoms. The Morgan fingerprint density at radius 3 is 2.19 bits per heavy atom. The van der Waals surface area contributed by atoms with Crippen LogP contribution < -0.4 is 14.8 Å². The SMILES string of the molecule is COc1cc(F)c(-n2cc(C(=O)N3CCN(C)CC3)nc2NC(=O)c2ccc(OC(F)F)cc2)c(F)c1. The van der Waals surface area contributed by atoms with Crippen molar-refractivity contribution in [1.29, 1.82) is 0 Å². The summed E-state index contributed by atoms with van der Waals surface area (Å²) in [4.78, 5) is 33.7. The van der Waals surface area contributed by atoms with Gasteiger partial charge in [0.1, 0.15) is 22.9 Å².